The predicted molar refractivity (Wildman–Crippen MR) is 115 cm³/mol. The van der Waals surface area contributed by atoms with E-state index in [1.807, 2.05) is 11.8 Å². The molecule has 2 unspecified atom stereocenters. The molecular formula is C23H37N3O2. The van der Waals surface area contributed by atoms with Crippen LogP contribution in [0.5, 0.6) is 0 Å². The van der Waals surface area contributed by atoms with Crippen molar-refractivity contribution in [2.45, 2.75) is 53.9 Å². The third-order valence-electron chi connectivity index (χ3n) is 6.00. The number of benzene rings is 1. The summed E-state index contributed by atoms with van der Waals surface area (Å²) in [6, 6.07) is 6.38. The van der Waals surface area contributed by atoms with Crippen LogP contribution in [0.4, 0.5) is 5.69 Å². The van der Waals surface area contributed by atoms with Gasteiger partial charge in [-0.05, 0) is 49.8 Å². The molecule has 1 saturated heterocycles. The molecule has 156 valence electrons. The Morgan fingerprint density at radius 1 is 1.07 bits per heavy atom. The van der Waals surface area contributed by atoms with Crippen molar-refractivity contribution in [3.63, 3.8) is 0 Å². The van der Waals surface area contributed by atoms with E-state index in [1.54, 1.807) is 0 Å². The van der Waals surface area contributed by atoms with Gasteiger partial charge in [-0.3, -0.25) is 9.59 Å². The smallest absolute Gasteiger partial charge is 0.226 e. The van der Waals surface area contributed by atoms with Gasteiger partial charge in [-0.25, -0.2) is 0 Å². The second-order valence-corrected chi connectivity index (χ2v) is 8.56. The predicted octanol–water partition coefficient (Wildman–Crippen LogP) is 3.52. The van der Waals surface area contributed by atoms with Crippen molar-refractivity contribution in [1.82, 2.24) is 4.90 Å². The van der Waals surface area contributed by atoms with Crippen molar-refractivity contribution < 1.29 is 9.59 Å². The Morgan fingerprint density at radius 2 is 1.71 bits per heavy atom. The molecule has 0 spiro atoms. The summed E-state index contributed by atoms with van der Waals surface area (Å²) >= 11 is 0. The first kappa shape index (κ1) is 22.3. The van der Waals surface area contributed by atoms with E-state index in [2.05, 4.69) is 50.8 Å². The second-order valence-electron chi connectivity index (χ2n) is 8.56. The van der Waals surface area contributed by atoms with Crippen LogP contribution in [0.3, 0.4) is 0 Å². The van der Waals surface area contributed by atoms with Gasteiger partial charge in [0.25, 0.3) is 0 Å². The van der Waals surface area contributed by atoms with Crippen LogP contribution in [0.25, 0.3) is 0 Å². The Labute approximate surface area is 170 Å². The van der Waals surface area contributed by atoms with E-state index in [1.165, 1.54) is 16.8 Å². The molecule has 28 heavy (non-hydrogen) atoms. The highest BCUT2D eigenvalue weighted by Crippen LogP contribution is 2.29. The maximum absolute atomic E-state index is 13.3. The van der Waals surface area contributed by atoms with Gasteiger partial charge in [0.15, 0.2) is 0 Å². The van der Waals surface area contributed by atoms with Crippen molar-refractivity contribution in [3.05, 3.63) is 29.3 Å². The van der Waals surface area contributed by atoms with Gasteiger partial charge >= 0.3 is 0 Å². The van der Waals surface area contributed by atoms with Gasteiger partial charge in [0.05, 0.1) is 0 Å². The van der Waals surface area contributed by atoms with Gasteiger partial charge in [0.1, 0.15) is 0 Å². The number of nitrogens with zero attached hydrogens (tertiary/aromatic N) is 2. The summed E-state index contributed by atoms with van der Waals surface area (Å²) in [5.74, 6) is -0.549. The number of hydrogen-bond donors (Lipinski definition) is 1. The topological polar surface area (TPSA) is 66.6 Å². The molecule has 2 atom stereocenters. The summed E-state index contributed by atoms with van der Waals surface area (Å²) in [5, 5.41) is 0. The van der Waals surface area contributed by atoms with E-state index >= 15 is 0 Å². The van der Waals surface area contributed by atoms with Gasteiger partial charge < -0.3 is 15.5 Å². The van der Waals surface area contributed by atoms with Crippen LogP contribution in [0, 0.1) is 31.6 Å². The fraction of sp³-hybridized carbons (Fsp3) is 0.652. The van der Waals surface area contributed by atoms with E-state index in [0.717, 1.165) is 19.5 Å². The normalized spacial score (nSPS) is 16.9. The fourth-order valence-electron chi connectivity index (χ4n) is 4.28. The quantitative estimate of drug-likeness (QED) is 0.742. The van der Waals surface area contributed by atoms with Crippen LogP contribution >= 0.6 is 0 Å². The highest BCUT2D eigenvalue weighted by Gasteiger charge is 2.36. The molecule has 1 fully saturated rings. The zero-order valence-corrected chi connectivity index (χ0v) is 18.2. The summed E-state index contributed by atoms with van der Waals surface area (Å²) in [4.78, 5) is 29.7. The number of hydrogen-bond acceptors (Lipinski definition) is 3. The van der Waals surface area contributed by atoms with Crippen molar-refractivity contribution in [2.75, 3.05) is 31.1 Å². The Morgan fingerprint density at radius 3 is 2.25 bits per heavy atom. The van der Waals surface area contributed by atoms with E-state index < -0.39 is 0 Å². The van der Waals surface area contributed by atoms with Gasteiger partial charge in [-0.2, -0.15) is 0 Å². The molecule has 5 nitrogen and oxygen atoms in total. The number of amides is 2. The van der Waals surface area contributed by atoms with E-state index in [0.29, 0.717) is 31.8 Å². The molecule has 5 heteroatoms. The van der Waals surface area contributed by atoms with Crippen LogP contribution in [0.1, 0.15) is 51.2 Å². The molecule has 0 bridgehead atoms. The zero-order chi connectivity index (χ0) is 20.8. The first-order chi connectivity index (χ1) is 13.3. The minimum Gasteiger partial charge on any atom is -0.369 e. The molecule has 1 aromatic rings. The first-order valence-corrected chi connectivity index (χ1v) is 10.7. The number of anilines is 1. The molecule has 1 aliphatic rings. The Kier molecular flexibility index (Phi) is 7.90. The van der Waals surface area contributed by atoms with Crippen molar-refractivity contribution in [1.29, 1.82) is 0 Å². The van der Waals surface area contributed by atoms with Gasteiger partial charge in [-0.15, -0.1) is 0 Å². The van der Waals surface area contributed by atoms with Crippen LogP contribution in [-0.4, -0.2) is 42.9 Å². The lowest BCUT2D eigenvalue weighted by Gasteiger charge is -2.39. The minimum absolute atomic E-state index is 0.103. The summed E-state index contributed by atoms with van der Waals surface area (Å²) in [6.07, 6.45) is 2.25. The van der Waals surface area contributed by atoms with Gasteiger partial charge in [-0.1, -0.05) is 39.3 Å². The average molecular weight is 388 g/mol. The number of primary amides is 1. The SMILES string of the molecule is CCCC(C(N)=O)C(CC(C)C)C(=O)N1CCN(c2cccc(C)c2C)CC1. The van der Waals surface area contributed by atoms with Crippen LogP contribution < -0.4 is 10.6 Å². The zero-order valence-electron chi connectivity index (χ0n) is 18.2. The van der Waals surface area contributed by atoms with E-state index in [4.69, 9.17) is 5.73 Å². The lowest BCUT2D eigenvalue weighted by atomic mass is 9.81. The third kappa shape index (κ3) is 5.27. The number of rotatable bonds is 8. The number of carbonyl (C=O) groups excluding carboxylic acids is 2. The van der Waals surface area contributed by atoms with Crippen LogP contribution in [0.2, 0.25) is 0 Å². The molecule has 1 aromatic carbocycles. The lowest BCUT2D eigenvalue weighted by Crippen LogP contribution is -2.52. The molecule has 0 saturated carbocycles. The molecule has 0 aromatic heterocycles. The highest BCUT2D eigenvalue weighted by molar-refractivity contribution is 5.87. The minimum atomic E-state index is -0.364. The maximum atomic E-state index is 13.3. The molecular weight excluding hydrogens is 350 g/mol. The molecule has 0 radical (unpaired) electrons. The largest absolute Gasteiger partial charge is 0.369 e. The summed E-state index contributed by atoms with van der Waals surface area (Å²) < 4.78 is 0. The number of carbonyl (C=O) groups is 2. The molecule has 2 amide bonds. The van der Waals surface area contributed by atoms with Crippen molar-refractivity contribution >= 4 is 17.5 Å². The van der Waals surface area contributed by atoms with E-state index in [-0.39, 0.29) is 23.7 Å². The Hall–Kier alpha value is -2.04. The Bertz CT molecular complexity index is 678. The highest BCUT2D eigenvalue weighted by atomic mass is 16.2. The molecule has 2 rings (SSSR count). The van der Waals surface area contributed by atoms with E-state index in [9.17, 15) is 9.59 Å². The Balaban J connectivity index is 2.10. The number of piperazine rings is 1. The lowest BCUT2D eigenvalue weighted by molar-refractivity contribution is -0.142. The van der Waals surface area contributed by atoms with Crippen LogP contribution in [0.15, 0.2) is 18.2 Å². The molecule has 1 heterocycles. The summed E-state index contributed by atoms with van der Waals surface area (Å²) in [5.41, 5.74) is 9.53. The summed E-state index contributed by atoms with van der Waals surface area (Å²) in [7, 11) is 0. The maximum Gasteiger partial charge on any atom is 0.226 e. The van der Waals surface area contributed by atoms with Gasteiger partial charge in [0.2, 0.25) is 11.8 Å². The molecule has 0 aliphatic carbocycles. The number of aryl methyl sites for hydroxylation is 1. The average Bonchev–Trinajstić information content (AvgIpc) is 2.66. The standard InChI is InChI=1S/C23H37N3O2/c1-6-8-19(22(24)27)20(15-16(2)3)23(28)26-13-11-25(12-14-26)21-10-7-9-17(4)18(21)5/h7,9-10,16,19-20H,6,8,11-15H2,1-5H3,(H2,24,27). The van der Waals surface area contributed by atoms with Crippen molar-refractivity contribution in [3.8, 4) is 0 Å². The fourth-order valence-corrected chi connectivity index (χ4v) is 4.28. The summed E-state index contributed by atoms with van der Waals surface area (Å²) in [6.45, 7) is 13.5. The third-order valence-corrected chi connectivity index (χ3v) is 6.00. The first-order valence-electron chi connectivity index (χ1n) is 10.7. The number of nitrogens with two attached hydrogens (primary N) is 1. The van der Waals surface area contributed by atoms with Crippen LogP contribution in [-0.2, 0) is 9.59 Å². The monoisotopic (exact) mass is 387 g/mol. The molecule has 2 N–H and O–H groups in total. The van der Waals surface area contributed by atoms with Crippen molar-refractivity contribution in [2.24, 2.45) is 23.5 Å². The molecule has 1 aliphatic heterocycles. The van der Waals surface area contributed by atoms with Gasteiger partial charge in [0, 0.05) is 43.7 Å². The second kappa shape index (κ2) is 9.94.